The van der Waals surface area contributed by atoms with E-state index in [1.54, 1.807) is 23.0 Å². The van der Waals surface area contributed by atoms with Crippen LogP contribution < -0.4 is 10.2 Å². The minimum Gasteiger partial charge on any atom is -0.307 e. The smallest absolute Gasteiger partial charge is 0.232 e. The first kappa shape index (κ1) is 23.1. The van der Waals surface area contributed by atoms with Crippen LogP contribution >= 0.6 is 0 Å². The highest BCUT2D eigenvalue weighted by Gasteiger charge is 2.46. The van der Waals surface area contributed by atoms with Gasteiger partial charge in [0.1, 0.15) is 5.82 Å². The molecular weight excluding hydrogens is 463 g/mol. The van der Waals surface area contributed by atoms with Crippen LogP contribution in [0.2, 0.25) is 0 Å². The highest BCUT2D eigenvalue weighted by atomic mass is 19.1. The van der Waals surface area contributed by atoms with Gasteiger partial charge in [-0.05, 0) is 53.6 Å². The van der Waals surface area contributed by atoms with Crippen LogP contribution in [0, 0.1) is 11.7 Å². The van der Waals surface area contributed by atoms with Gasteiger partial charge in [0.15, 0.2) is 0 Å². The van der Waals surface area contributed by atoms with Crippen LogP contribution in [-0.2, 0) is 11.3 Å². The topological polar surface area (TPSA) is 50.2 Å². The van der Waals surface area contributed by atoms with E-state index in [1.165, 1.54) is 17.7 Å². The van der Waals surface area contributed by atoms with Crippen LogP contribution in [0.5, 0.6) is 0 Å². The molecule has 2 heterocycles. The van der Waals surface area contributed by atoms with Gasteiger partial charge in [-0.1, -0.05) is 67.6 Å². The molecule has 3 atom stereocenters. The fraction of sp³-hybridized carbons (Fsp3) is 0.161. The van der Waals surface area contributed by atoms with Gasteiger partial charge < -0.3 is 10.2 Å². The molecule has 184 valence electrons. The summed E-state index contributed by atoms with van der Waals surface area (Å²) in [5, 5.41) is 9.13. The summed E-state index contributed by atoms with van der Waals surface area (Å²) >= 11 is 0. The average Bonchev–Trinajstić information content (AvgIpc) is 3.47. The first-order chi connectivity index (χ1) is 18.1. The molecule has 6 rings (SSSR count). The molecule has 37 heavy (non-hydrogen) atoms. The molecule has 1 N–H and O–H groups in total. The van der Waals surface area contributed by atoms with E-state index < -0.39 is 0 Å². The van der Waals surface area contributed by atoms with E-state index in [0.717, 1.165) is 27.8 Å². The molecule has 1 aliphatic rings. The highest BCUT2D eigenvalue weighted by Crippen LogP contribution is 2.41. The van der Waals surface area contributed by atoms with Crippen molar-refractivity contribution in [3.8, 4) is 5.69 Å². The Balaban J connectivity index is 1.37. The van der Waals surface area contributed by atoms with E-state index >= 15 is 0 Å². The van der Waals surface area contributed by atoms with Crippen molar-refractivity contribution in [2.75, 3.05) is 4.90 Å². The number of hydrogen-bond acceptors (Lipinski definition) is 3. The Morgan fingerprint density at radius 3 is 2.27 bits per heavy atom. The normalized spacial score (nSPS) is 19.6. The molecule has 0 aliphatic carbocycles. The number of rotatable bonds is 6. The molecular formula is C31H27FN4O. The summed E-state index contributed by atoms with van der Waals surface area (Å²) in [6, 6.07) is 32.5. The summed E-state index contributed by atoms with van der Waals surface area (Å²) in [6.45, 7) is 2.69. The molecule has 0 radical (unpaired) electrons. The number of halogens is 1. The van der Waals surface area contributed by atoms with Gasteiger partial charge in [0.2, 0.25) is 5.91 Å². The zero-order chi connectivity index (χ0) is 25.4. The van der Waals surface area contributed by atoms with Crippen molar-refractivity contribution in [2.45, 2.75) is 25.6 Å². The number of anilines is 1. The zero-order valence-corrected chi connectivity index (χ0v) is 20.5. The Hall–Kier alpha value is -4.29. The molecule has 0 bridgehead atoms. The molecule has 1 saturated heterocycles. The van der Waals surface area contributed by atoms with E-state index in [1.807, 2.05) is 66.4 Å². The molecule has 0 unspecified atom stereocenters. The molecule has 1 fully saturated rings. The second-order valence-corrected chi connectivity index (χ2v) is 9.52. The molecule has 4 aromatic carbocycles. The fourth-order valence-corrected chi connectivity index (χ4v) is 5.32. The Morgan fingerprint density at radius 1 is 0.865 bits per heavy atom. The molecule has 1 amide bonds. The Kier molecular flexibility index (Phi) is 6.02. The molecule has 0 spiro atoms. The summed E-state index contributed by atoms with van der Waals surface area (Å²) < 4.78 is 15.2. The SMILES string of the molecule is C[C@H]1C(=O)N(c2ccc3c(cnn3-c3ccc(F)cc3)c2)[C@@H](c2ccccc2)[C@@H]1NCc1ccccc1. The van der Waals surface area contributed by atoms with Gasteiger partial charge in [0, 0.05) is 23.7 Å². The number of carbonyl (C=O) groups excluding carboxylic acids is 1. The van der Waals surface area contributed by atoms with Crippen molar-refractivity contribution >= 4 is 22.5 Å². The van der Waals surface area contributed by atoms with E-state index in [2.05, 4.69) is 34.7 Å². The molecule has 0 saturated carbocycles. The van der Waals surface area contributed by atoms with Gasteiger partial charge in [-0.15, -0.1) is 0 Å². The number of carbonyl (C=O) groups is 1. The van der Waals surface area contributed by atoms with E-state index in [9.17, 15) is 9.18 Å². The summed E-state index contributed by atoms with van der Waals surface area (Å²) in [7, 11) is 0. The Labute approximate surface area is 215 Å². The maximum atomic E-state index is 13.7. The van der Waals surface area contributed by atoms with Crippen LogP contribution in [0.4, 0.5) is 10.1 Å². The molecule has 1 aromatic heterocycles. The summed E-state index contributed by atoms with van der Waals surface area (Å²) in [5.74, 6) is -0.400. The quantitative estimate of drug-likeness (QED) is 0.315. The minimum atomic E-state index is -0.286. The van der Waals surface area contributed by atoms with Crippen LogP contribution in [0.25, 0.3) is 16.6 Å². The number of nitrogens with zero attached hydrogens (tertiary/aromatic N) is 3. The van der Waals surface area contributed by atoms with Crippen LogP contribution in [-0.4, -0.2) is 21.7 Å². The van der Waals surface area contributed by atoms with Gasteiger partial charge >= 0.3 is 0 Å². The third-order valence-corrected chi connectivity index (χ3v) is 7.21. The predicted octanol–water partition coefficient (Wildman–Crippen LogP) is 6.05. The number of hydrogen-bond donors (Lipinski definition) is 1. The van der Waals surface area contributed by atoms with Crippen molar-refractivity contribution in [2.24, 2.45) is 5.92 Å². The highest BCUT2D eigenvalue weighted by molar-refractivity contribution is 6.00. The second-order valence-electron chi connectivity index (χ2n) is 9.52. The number of aromatic nitrogens is 2. The number of nitrogens with one attached hydrogen (secondary N) is 1. The zero-order valence-electron chi connectivity index (χ0n) is 20.5. The molecule has 6 heteroatoms. The van der Waals surface area contributed by atoms with Crippen molar-refractivity contribution in [3.05, 3.63) is 126 Å². The third kappa shape index (κ3) is 4.30. The van der Waals surface area contributed by atoms with Gasteiger partial charge in [0.25, 0.3) is 0 Å². The van der Waals surface area contributed by atoms with Crippen molar-refractivity contribution in [3.63, 3.8) is 0 Å². The van der Waals surface area contributed by atoms with Gasteiger partial charge in [-0.25, -0.2) is 9.07 Å². The molecule has 5 nitrogen and oxygen atoms in total. The molecule has 1 aliphatic heterocycles. The third-order valence-electron chi connectivity index (χ3n) is 7.21. The van der Waals surface area contributed by atoms with Crippen LogP contribution in [0.15, 0.2) is 109 Å². The van der Waals surface area contributed by atoms with E-state index in [4.69, 9.17) is 0 Å². The lowest BCUT2D eigenvalue weighted by Crippen LogP contribution is -2.38. The van der Waals surface area contributed by atoms with Crippen LogP contribution in [0.3, 0.4) is 0 Å². The van der Waals surface area contributed by atoms with E-state index in [0.29, 0.717) is 6.54 Å². The molecule has 5 aromatic rings. The Morgan fingerprint density at radius 2 is 1.54 bits per heavy atom. The first-order valence-electron chi connectivity index (χ1n) is 12.5. The van der Waals surface area contributed by atoms with E-state index in [-0.39, 0.29) is 29.7 Å². The van der Waals surface area contributed by atoms with Crippen molar-refractivity contribution in [1.29, 1.82) is 0 Å². The fourth-order valence-electron chi connectivity index (χ4n) is 5.32. The standard InChI is InChI=1S/C31H27FN4O/c1-21-29(33-19-22-8-4-2-5-9-22)30(23-10-6-3-7-11-23)35(31(21)37)27-16-17-28-24(18-27)20-34-36(28)26-14-12-25(32)13-15-26/h2-18,20-21,29-30,33H,19H2,1H3/t21-,29-,30+/m1/s1. The first-order valence-corrected chi connectivity index (χ1v) is 12.5. The lowest BCUT2D eigenvalue weighted by atomic mass is 9.94. The number of benzene rings is 4. The maximum Gasteiger partial charge on any atom is 0.232 e. The monoisotopic (exact) mass is 490 g/mol. The minimum absolute atomic E-state index is 0.0623. The lowest BCUT2D eigenvalue weighted by Gasteiger charge is -2.29. The predicted molar refractivity (Wildman–Crippen MR) is 144 cm³/mol. The van der Waals surface area contributed by atoms with Gasteiger partial charge in [0.05, 0.1) is 29.4 Å². The summed E-state index contributed by atoms with van der Waals surface area (Å²) in [6.07, 6.45) is 1.79. The maximum absolute atomic E-state index is 13.7. The summed E-state index contributed by atoms with van der Waals surface area (Å²) in [4.78, 5) is 15.7. The average molecular weight is 491 g/mol. The number of fused-ring (bicyclic) bond motifs is 1. The van der Waals surface area contributed by atoms with Crippen LogP contribution in [0.1, 0.15) is 24.1 Å². The Bertz CT molecular complexity index is 1530. The van der Waals surface area contributed by atoms with Gasteiger partial charge in [-0.2, -0.15) is 5.10 Å². The lowest BCUT2D eigenvalue weighted by molar-refractivity contribution is -0.120. The second kappa shape index (κ2) is 9.64. The summed E-state index contributed by atoms with van der Waals surface area (Å²) in [5.41, 5.74) is 4.78. The number of amides is 1. The largest absolute Gasteiger partial charge is 0.307 e. The van der Waals surface area contributed by atoms with Gasteiger partial charge in [-0.3, -0.25) is 4.79 Å². The van der Waals surface area contributed by atoms with Crippen molar-refractivity contribution < 1.29 is 9.18 Å². The van der Waals surface area contributed by atoms with Crippen molar-refractivity contribution in [1.82, 2.24) is 15.1 Å².